The number of carbonyl (C=O) groups excluding carboxylic acids is 2. The molecule has 9 heteroatoms. The summed E-state index contributed by atoms with van der Waals surface area (Å²) in [5.41, 5.74) is 15.3. The Morgan fingerprint density at radius 2 is 1.17 bits per heavy atom. The second-order valence-corrected chi connectivity index (χ2v) is 9.15. The Bertz CT molecular complexity index is 944. The lowest BCUT2D eigenvalue weighted by Gasteiger charge is -2.11. The number of rotatable bonds is 8. The van der Waals surface area contributed by atoms with Crippen molar-refractivity contribution in [3.05, 3.63) is 47.5 Å². The summed E-state index contributed by atoms with van der Waals surface area (Å²) in [4.78, 5) is 22.4. The number of hydrogen-bond acceptors (Lipinski definition) is 6. The molecule has 0 unspecified atom stereocenters. The van der Waals surface area contributed by atoms with Crippen LogP contribution in [0.15, 0.2) is 36.4 Å². The molecule has 0 aliphatic rings. The summed E-state index contributed by atoms with van der Waals surface area (Å²) >= 11 is 0. The molecule has 0 saturated carbocycles. The van der Waals surface area contributed by atoms with E-state index in [4.69, 9.17) is 11.5 Å². The molecule has 2 aromatic carbocycles. The summed E-state index contributed by atoms with van der Waals surface area (Å²) in [6, 6.07) is 9.98. The van der Waals surface area contributed by atoms with E-state index in [1.165, 1.54) is 13.8 Å². The van der Waals surface area contributed by atoms with Gasteiger partial charge in [-0.05, 0) is 60.4 Å². The third-order valence-corrected chi connectivity index (χ3v) is 5.94. The molecule has 29 heavy (non-hydrogen) atoms. The minimum absolute atomic E-state index is 0.0774. The quantitative estimate of drug-likeness (QED) is 0.482. The van der Waals surface area contributed by atoms with Crippen LogP contribution >= 0.6 is 0 Å². The summed E-state index contributed by atoms with van der Waals surface area (Å²) < 4.78 is 25.0. The van der Waals surface area contributed by atoms with Gasteiger partial charge < -0.3 is 22.1 Å². The summed E-state index contributed by atoms with van der Waals surface area (Å²) in [6.45, 7) is 2.79. The fourth-order valence-electron chi connectivity index (χ4n) is 2.84. The number of amides is 2. The predicted molar refractivity (Wildman–Crippen MR) is 116 cm³/mol. The van der Waals surface area contributed by atoms with Crippen LogP contribution in [0.3, 0.4) is 0 Å². The molecule has 0 heterocycles. The topological polar surface area (TPSA) is 144 Å². The molecule has 156 valence electrons. The molecule has 0 spiro atoms. The van der Waals surface area contributed by atoms with Crippen LogP contribution in [0.1, 0.15) is 25.0 Å². The molecule has 2 aromatic rings. The lowest BCUT2D eigenvalue weighted by Crippen LogP contribution is -2.16. The van der Waals surface area contributed by atoms with Crippen molar-refractivity contribution in [1.29, 1.82) is 0 Å². The molecular formula is C20H26N4O4S. The number of carbonyl (C=O) groups is 2. The lowest BCUT2D eigenvalue weighted by molar-refractivity contribution is -0.115. The van der Waals surface area contributed by atoms with E-state index in [0.29, 0.717) is 33.9 Å². The number of nitrogen functional groups attached to an aromatic ring is 2. The van der Waals surface area contributed by atoms with E-state index in [9.17, 15) is 18.0 Å². The molecule has 8 nitrogen and oxygen atoms in total. The first kappa shape index (κ1) is 22.2. The van der Waals surface area contributed by atoms with Crippen molar-refractivity contribution in [3.8, 4) is 0 Å². The maximum Gasteiger partial charge on any atom is 0.221 e. The monoisotopic (exact) mass is 418 g/mol. The Kier molecular flexibility index (Phi) is 7.22. The molecule has 0 aliphatic heterocycles. The maximum absolute atomic E-state index is 12.5. The van der Waals surface area contributed by atoms with Crippen molar-refractivity contribution in [3.63, 3.8) is 0 Å². The number of nitrogens with one attached hydrogen (secondary N) is 2. The van der Waals surface area contributed by atoms with E-state index in [1.807, 2.05) is 0 Å². The van der Waals surface area contributed by atoms with Crippen LogP contribution in [0.2, 0.25) is 0 Å². The maximum atomic E-state index is 12.5. The van der Waals surface area contributed by atoms with Crippen molar-refractivity contribution in [2.75, 3.05) is 33.6 Å². The summed E-state index contributed by atoms with van der Waals surface area (Å²) in [7, 11) is -3.37. The van der Waals surface area contributed by atoms with Crippen LogP contribution < -0.4 is 22.1 Å². The van der Waals surface area contributed by atoms with Crippen molar-refractivity contribution < 1.29 is 18.0 Å². The summed E-state index contributed by atoms with van der Waals surface area (Å²) in [5, 5.41) is 5.31. The Morgan fingerprint density at radius 1 is 0.793 bits per heavy atom. The molecule has 0 aromatic heterocycles. The van der Waals surface area contributed by atoms with E-state index in [-0.39, 0.29) is 36.2 Å². The standard InChI is InChI=1S/C20H26N4O4S/c1-13(25)23-17-3-5-19(21)15(11-17)7-9-29(27,28)10-8-16-12-18(24-14(2)26)4-6-20(16)22/h3-6,11-12H,7-10,21-22H2,1-2H3,(H,23,25)(H,24,26). The number of hydrogen-bond donors (Lipinski definition) is 4. The van der Waals surface area contributed by atoms with Crippen LogP contribution in [0, 0.1) is 0 Å². The second-order valence-electron chi connectivity index (χ2n) is 6.84. The van der Waals surface area contributed by atoms with Crippen LogP contribution in [0.4, 0.5) is 22.7 Å². The second kappa shape index (κ2) is 9.42. The fraction of sp³-hybridized carbons (Fsp3) is 0.300. The number of aryl methyl sites for hydroxylation is 2. The Hall–Kier alpha value is -3.07. The lowest BCUT2D eigenvalue weighted by atomic mass is 10.1. The molecule has 0 fully saturated rings. The Morgan fingerprint density at radius 3 is 1.52 bits per heavy atom. The third kappa shape index (κ3) is 7.11. The van der Waals surface area contributed by atoms with Gasteiger partial charge in [0.1, 0.15) is 0 Å². The molecule has 0 atom stereocenters. The first-order valence-corrected chi connectivity index (χ1v) is 10.9. The zero-order chi connectivity index (χ0) is 21.6. The number of nitrogens with two attached hydrogens (primary N) is 2. The first-order chi connectivity index (χ1) is 13.6. The van der Waals surface area contributed by atoms with E-state index in [2.05, 4.69) is 10.6 Å². The van der Waals surface area contributed by atoms with Crippen molar-refractivity contribution in [2.24, 2.45) is 0 Å². The van der Waals surface area contributed by atoms with Gasteiger partial charge in [0.25, 0.3) is 0 Å². The van der Waals surface area contributed by atoms with Crippen molar-refractivity contribution >= 4 is 44.4 Å². The van der Waals surface area contributed by atoms with Gasteiger partial charge in [0.2, 0.25) is 11.8 Å². The Balaban J connectivity index is 2.02. The molecule has 2 rings (SSSR count). The largest absolute Gasteiger partial charge is 0.399 e. The highest BCUT2D eigenvalue weighted by Crippen LogP contribution is 2.21. The average Bonchev–Trinajstić information content (AvgIpc) is 2.62. The van der Waals surface area contributed by atoms with E-state index in [1.54, 1.807) is 36.4 Å². The van der Waals surface area contributed by atoms with E-state index < -0.39 is 9.84 Å². The van der Waals surface area contributed by atoms with Gasteiger partial charge in [-0.2, -0.15) is 0 Å². The van der Waals surface area contributed by atoms with E-state index >= 15 is 0 Å². The average molecular weight is 419 g/mol. The van der Waals surface area contributed by atoms with Gasteiger partial charge in [-0.1, -0.05) is 0 Å². The molecule has 0 aliphatic carbocycles. The van der Waals surface area contributed by atoms with Gasteiger partial charge in [-0.3, -0.25) is 9.59 Å². The number of sulfone groups is 1. The zero-order valence-electron chi connectivity index (χ0n) is 16.5. The van der Waals surface area contributed by atoms with Gasteiger partial charge in [-0.25, -0.2) is 8.42 Å². The van der Waals surface area contributed by atoms with Crippen molar-refractivity contribution in [1.82, 2.24) is 0 Å². The van der Waals surface area contributed by atoms with Crippen LogP contribution in [0.5, 0.6) is 0 Å². The van der Waals surface area contributed by atoms with Gasteiger partial charge in [0.05, 0.1) is 11.5 Å². The molecule has 0 saturated heterocycles. The minimum atomic E-state index is -3.37. The fourth-order valence-corrected chi connectivity index (χ4v) is 4.11. The molecule has 0 radical (unpaired) electrons. The first-order valence-electron chi connectivity index (χ1n) is 9.08. The highest BCUT2D eigenvalue weighted by atomic mass is 32.2. The van der Waals surface area contributed by atoms with Crippen molar-refractivity contribution in [2.45, 2.75) is 26.7 Å². The highest BCUT2D eigenvalue weighted by Gasteiger charge is 2.14. The normalized spacial score (nSPS) is 11.1. The van der Waals surface area contributed by atoms with Gasteiger partial charge in [-0.15, -0.1) is 0 Å². The van der Waals surface area contributed by atoms with E-state index in [0.717, 1.165) is 0 Å². The molecule has 0 bridgehead atoms. The van der Waals surface area contributed by atoms with Gasteiger partial charge >= 0.3 is 0 Å². The summed E-state index contributed by atoms with van der Waals surface area (Å²) in [6.07, 6.45) is 0.478. The molecular weight excluding hydrogens is 392 g/mol. The predicted octanol–water partition coefficient (Wildman–Crippen LogP) is 1.97. The number of benzene rings is 2. The molecule has 6 N–H and O–H groups in total. The SMILES string of the molecule is CC(=O)Nc1ccc(N)c(CCS(=O)(=O)CCc2cc(NC(C)=O)ccc2N)c1. The van der Waals surface area contributed by atoms with Gasteiger partial charge in [0, 0.05) is 36.6 Å². The van der Waals surface area contributed by atoms with Crippen LogP contribution in [-0.2, 0) is 32.3 Å². The molecule has 2 amide bonds. The third-order valence-electron chi connectivity index (χ3n) is 4.29. The minimum Gasteiger partial charge on any atom is -0.399 e. The summed E-state index contributed by atoms with van der Waals surface area (Å²) in [5.74, 6) is -0.585. The number of anilines is 4. The van der Waals surface area contributed by atoms with Gasteiger partial charge in [0.15, 0.2) is 9.84 Å². The zero-order valence-corrected chi connectivity index (χ0v) is 17.3. The Labute approximate surface area is 170 Å². The smallest absolute Gasteiger partial charge is 0.221 e. The van der Waals surface area contributed by atoms with Crippen LogP contribution in [-0.4, -0.2) is 31.7 Å². The highest BCUT2D eigenvalue weighted by molar-refractivity contribution is 7.91. The van der Waals surface area contributed by atoms with Crippen LogP contribution in [0.25, 0.3) is 0 Å².